The van der Waals surface area contributed by atoms with Gasteiger partial charge in [0.05, 0.1) is 18.5 Å². The van der Waals surface area contributed by atoms with Crippen molar-refractivity contribution in [2.75, 3.05) is 11.9 Å². The molecule has 0 atom stereocenters. The molecular weight excluding hydrogens is 268 g/mol. The summed E-state index contributed by atoms with van der Waals surface area (Å²) < 4.78 is 5.00. The minimum Gasteiger partial charge on any atom is -0.461 e. The van der Waals surface area contributed by atoms with Crippen LogP contribution < -0.4 is 5.32 Å². The van der Waals surface area contributed by atoms with Gasteiger partial charge in [-0.15, -0.1) is 0 Å². The summed E-state index contributed by atoms with van der Waals surface area (Å²) in [6.07, 6.45) is 1.58. The number of ether oxygens (including phenoxy) is 1. The molecule has 0 amide bonds. The molecule has 0 saturated heterocycles. The normalized spacial score (nSPS) is 10.5. The monoisotopic (exact) mass is 282 g/mol. The summed E-state index contributed by atoms with van der Waals surface area (Å²) in [4.78, 5) is 16.1. The van der Waals surface area contributed by atoms with E-state index in [1.54, 1.807) is 19.2 Å². The molecule has 0 fully saturated rings. The van der Waals surface area contributed by atoms with Crippen molar-refractivity contribution < 1.29 is 9.53 Å². The first-order valence-corrected chi connectivity index (χ1v) is 6.61. The summed E-state index contributed by atoms with van der Waals surface area (Å²) in [6, 6.07) is 11.3. The number of esters is 1. The van der Waals surface area contributed by atoms with Crippen LogP contribution in [0.25, 0.3) is 11.0 Å². The van der Waals surface area contributed by atoms with Gasteiger partial charge in [0.15, 0.2) is 5.69 Å². The molecule has 0 aliphatic rings. The smallest absolute Gasteiger partial charge is 0.357 e. The standard InChI is InChI=1S/C15H14N4O2/c1-2-21-15(20)12-8-11(14-13(18-12)9-16-19-14)17-10-6-4-3-5-7-10/h3-9H,2H2,1H3,(H,16,19)(H,17,18). The summed E-state index contributed by atoms with van der Waals surface area (Å²) in [5.41, 5.74) is 3.25. The van der Waals surface area contributed by atoms with Gasteiger partial charge in [0.2, 0.25) is 0 Å². The lowest BCUT2D eigenvalue weighted by Crippen LogP contribution is -2.08. The molecule has 0 aliphatic heterocycles. The van der Waals surface area contributed by atoms with Crippen LogP contribution in [0.4, 0.5) is 11.4 Å². The minimum absolute atomic E-state index is 0.254. The maximum Gasteiger partial charge on any atom is 0.357 e. The van der Waals surface area contributed by atoms with Crippen molar-refractivity contribution in [3.8, 4) is 0 Å². The molecule has 106 valence electrons. The fourth-order valence-corrected chi connectivity index (χ4v) is 2.02. The second-order valence-electron chi connectivity index (χ2n) is 4.40. The molecule has 2 N–H and O–H groups in total. The number of rotatable bonds is 4. The van der Waals surface area contributed by atoms with Crippen LogP contribution in [0.15, 0.2) is 42.6 Å². The van der Waals surface area contributed by atoms with E-state index in [9.17, 15) is 4.79 Å². The average molecular weight is 282 g/mol. The number of nitrogens with zero attached hydrogens (tertiary/aromatic N) is 2. The van der Waals surface area contributed by atoms with Crippen molar-refractivity contribution in [2.45, 2.75) is 6.92 Å². The minimum atomic E-state index is -0.447. The molecule has 2 aromatic heterocycles. The van der Waals surface area contributed by atoms with Gasteiger partial charge in [-0.05, 0) is 25.1 Å². The molecule has 0 radical (unpaired) electrons. The van der Waals surface area contributed by atoms with Crippen LogP contribution in [-0.4, -0.2) is 27.8 Å². The number of anilines is 2. The number of carbonyl (C=O) groups excluding carboxylic acids is 1. The van der Waals surface area contributed by atoms with Gasteiger partial charge in [0.25, 0.3) is 0 Å². The van der Waals surface area contributed by atoms with Crippen molar-refractivity contribution in [3.05, 3.63) is 48.3 Å². The Morgan fingerprint density at radius 3 is 2.90 bits per heavy atom. The summed E-state index contributed by atoms with van der Waals surface area (Å²) in [7, 11) is 0. The van der Waals surface area contributed by atoms with Crippen LogP contribution >= 0.6 is 0 Å². The predicted molar refractivity (Wildman–Crippen MR) is 79.6 cm³/mol. The van der Waals surface area contributed by atoms with Crippen LogP contribution in [-0.2, 0) is 4.74 Å². The highest BCUT2D eigenvalue weighted by molar-refractivity contribution is 5.96. The summed E-state index contributed by atoms with van der Waals surface area (Å²) >= 11 is 0. The van der Waals surface area contributed by atoms with E-state index in [4.69, 9.17) is 4.74 Å². The van der Waals surface area contributed by atoms with Gasteiger partial charge in [-0.2, -0.15) is 5.10 Å². The number of carbonyl (C=O) groups is 1. The fraction of sp³-hybridized carbons (Fsp3) is 0.133. The highest BCUT2D eigenvalue weighted by Crippen LogP contribution is 2.24. The van der Waals surface area contributed by atoms with Crippen LogP contribution in [0.5, 0.6) is 0 Å². The van der Waals surface area contributed by atoms with Crippen LogP contribution in [0.1, 0.15) is 17.4 Å². The number of nitrogens with one attached hydrogen (secondary N) is 2. The maximum absolute atomic E-state index is 11.9. The fourth-order valence-electron chi connectivity index (χ4n) is 2.02. The van der Waals surface area contributed by atoms with Gasteiger partial charge in [-0.3, -0.25) is 5.10 Å². The van der Waals surface area contributed by atoms with Crippen molar-refractivity contribution in [2.24, 2.45) is 0 Å². The number of para-hydroxylation sites is 1. The third-order valence-corrected chi connectivity index (χ3v) is 2.95. The average Bonchev–Trinajstić information content (AvgIpc) is 2.97. The lowest BCUT2D eigenvalue weighted by Gasteiger charge is -2.09. The number of aromatic nitrogens is 3. The van der Waals surface area contributed by atoms with Gasteiger partial charge >= 0.3 is 5.97 Å². The topological polar surface area (TPSA) is 79.9 Å². The van der Waals surface area contributed by atoms with Gasteiger partial charge in [-0.25, -0.2) is 9.78 Å². The third kappa shape index (κ3) is 2.69. The molecule has 0 bridgehead atoms. The lowest BCUT2D eigenvalue weighted by molar-refractivity contribution is 0.0520. The van der Waals surface area contributed by atoms with Crippen molar-refractivity contribution in [3.63, 3.8) is 0 Å². The van der Waals surface area contributed by atoms with Gasteiger partial charge in [0, 0.05) is 5.69 Å². The highest BCUT2D eigenvalue weighted by atomic mass is 16.5. The molecule has 6 heteroatoms. The number of pyridine rings is 1. The Labute approximate surface area is 121 Å². The van der Waals surface area contributed by atoms with Crippen LogP contribution in [0.2, 0.25) is 0 Å². The van der Waals surface area contributed by atoms with E-state index >= 15 is 0 Å². The zero-order chi connectivity index (χ0) is 14.7. The number of fused-ring (bicyclic) bond motifs is 1. The summed E-state index contributed by atoms with van der Waals surface area (Å²) in [6.45, 7) is 2.07. The van der Waals surface area contributed by atoms with Gasteiger partial charge in [0.1, 0.15) is 11.0 Å². The van der Waals surface area contributed by atoms with Crippen molar-refractivity contribution in [1.82, 2.24) is 15.2 Å². The second kappa shape index (κ2) is 5.62. The van der Waals surface area contributed by atoms with E-state index in [1.807, 2.05) is 30.3 Å². The molecule has 0 saturated carbocycles. The van der Waals surface area contributed by atoms with Crippen molar-refractivity contribution in [1.29, 1.82) is 0 Å². The number of hydrogen-bond acceptors (Lipinski definition) is 5. The predicted octanol–water partition coefficient (Wildman–Crippen LogP) is 2.88. The van der Waals surface area contributed by atoms with Gasteiger partial charge in [-0.1, -0.05) is 18.2 Å². The molecular formula is C15H14N4O2. The Balaban J connectivity index is 2.03. The molecule has 3 aromatic rings. The van der Waals surface area contributed by atoms with Crippen LogP contribution in [0, 0.1) is 0 Å². The molecule has 6 nitrogen and oxygen atoms in total. The van der Waals surface area contributed by atoms with E-state index in [0.29, 0.717) is 12.1 Å². The Morgan fingerprint density at radius 1 is 1.33 bits per heavy atom. The Hall–Kier alpha value is -2.89. The van der Waals surface area contributed by atoms with Crippen molar-refractivity contribution >= 4 is 28.4 Å². The number of hydrogen-bond donors (Lipinski definition) is 2. The molecule has 1 aromatic carbocycles. The van der Waals surface area contributed by atoms with E-state index in [1.165, 1.54) is 0 Å². The molecule has 0 aliphatic carbocycles. The Bertz CT molecular complexity index is 768. The van der Waals surface area contributed by atoms with Crippen LogP contribution in [0.3, 0.4) is 0 Å². The largest absolute Gasteiger partial charge is 0.461 e. The zero-order valence-corrected chi connectivity index (χ0v) is 11.5. The number of benzene rings is 1. The van der Waals surface area contributed by atoms with E-state index in [-0.39, 0.29) is 5.69 Å². The van der Waals surface area contributed by atoms with E-state index in [2.05, 4.69) is 20.5 Å². The molecule has 3 rings (SSSR count). The SMILES string of the molecule is CCOC(=O)c1cc(Nc2ccccc2)c2[nH]ncc2n1. The van der Waals surface area contributed by atoms with E-state index < -0.39 is 5.97 Å². The summed E-state index contributed by atoms with van der Waals surface area (Å²) in [5, 5.41) is 10.1. The molecule has 21 heavy (non-hydrogen) atoms. The zero-order valence-electron chi connectivity index (χ0n) is 11.5. The van der Waals surface area contributed by atoms with Gasteiger partial charge < -0.3 is 10.1 Å². The number of H-pyrrole nitrogens is 1. The molecule has 0 unspecified atom stereocenters. The highest BCUT2D eigenvalue weighted by Gasteiger charge is 2.14. The lowest BCUT2D eigenvalue weighted by atomic mass is 10.2. The third-order valence-electron chi connectivity index (χ3n) is 2.95. The first-order valence-electron chi connectivity index (χ1n) is 6.61. The van der Waals surface area contributed by atoms with E-state index in [0.717, 1.165) is 16.9 Å². The number of aromatic amines is 1. The molecule has 0 spiro atoms. The quantitative estimate of drug-likeness (QED) is 0.719. The first kappa shape index (κ1) is 13.1. The second-order valence-corrected chi connectivity index (χ2v) is 4.40. The molecule has 2 heterocycles. The maximum atomic E-state index is 11.9. The Morgan fingerprint density at radius 2 is 2.14 bits per heavy atom. The Kier molecular flexibility index (Phi) is 3.51. The first-order chi connectivity index (χ1) is 10.3. The summed E-state index contributed by atoms with van der Waals surface area (Å²) in [5.74, 6) is -0.447.